The molecule has 0 saturated heterocycles. The van der Waals surface area contributed by atoms with Crippen LogP contribution in [0.5, 0.6) is 0 Å². The van der Waals surface area contributed by atoms with Crippen molar-refractivity contribution in [1.82, 2.24) is 0 Å². The van der Waals surface area contributed by atoms with Crippen molar-refractivity contribution in [2.75, 3.05) is 13.2 Å². The van der Waals surface area contributed by atoms with Gasteiger partial charge in [0.15, 0.2) is 0 Å². The van der Waals surface area contributed by atoms with E-state index < -0.39 is 0 Å². The van der Waals surface area contributed by atoms with Gasteiger partial charge in [0.2, 0.25) is 5.90 Å². The zero-order chi connectivity index (χ0) is 9.97. The summed E-state index contributed by atoms with van der Waals surface area (Å²) in [6.07, 6.45) is 0.951. The highest BCUT2D eigenvalue weighted by atomic mass is 35.5. The fourth-order valence-electron chi connectivity index (χ4n) is 1.60. The van der Waals surface area contributed by atoms with E-state index in [1.165, 1.54) is 5.56 Å². The molecule has 1 aromatic rings. The molecule has 0 aromatic heterocycles. The third-order valence-electron chi connectivity index (χ3n) is 2.22. The first-order valence-electron chi connectivity index (χ1n) is 4.77. The predicted octanol–water partition coefficient (Wildman–Crippen LogP) is 2.68. The minimum absolute atomic E-state index is 0.654. The maximum absolute atomic E-state index is 5.92. The van der Waals surface area contributed by atoms with E-state index in [1.54, 1.807) is 0 Å². The summed E-state index contributed by atoms with van der Waals surface area (Å²) >= 11 is 5.92. The molecule has 0 N–H and O–H groups in total. The Morgan fingerprint density at radius 3 is 3.14 bits per heavy atom. The Morgan fingerprint density at radius 2 is 2.36 bits per heavy atom. The lowest BCUT2D eigenvalue weighted by molar-refractivity contribution is 0.325. The van der Waals surface area contributed by atoms with Gasteiger partial charge in [-0.15, -0.1) is 0 Å². The molecular weight excluding hydrogens is 198 g/mol. The average molecular weight is 210 g/mol. The van der Waals surface area contributed by atoms with Crippen LogP contribution < -0.4 is 0 Å². The van der Waals surface area contributed by atoms with Gasteiger partial charge in [-0.3, -0.25) is 4.99 Å². The van der Waals surface area contributed by atoms with Gasteiger partial charge < -0.3 is 4.74 Å². The Morgan fingerprint density at radius 1 is 1.50 bits per heavy atom. The molecule has 0 atom stereocenters. The third-order valence-corrected chi connectivity index (χ3v) is 2.45. The van der Waals surface area contributed by atoms with Crippen molar-refractivity contribution in [3.63, 3.8) is 0 Å². The second-order valence-corrected chi connectivity index (χ2v) is 3.61. The van der Waals surface area contributed by atoms with Crippen molar-refractivity contribution in [3.8, 4) is 0 Å². The van der Waals surface area contributed by atoms with Crippen molar-refractivity contribution < 1.29 is 4.74 Å². The van der Waals surface area contributed by atoms with E-state index in [2.05, 4.69) is 4.99 Å². The van der Waals surface area contributed by atoms with Crippen LogP contribution in [-0.4, -0.2) is 19.0 Å². The summed E-state index contributed by atoms with van der Waals surface area (Å²) in [4.78, 5) is 4.34. The molecule has 74 valence electrons. The topological polar surface area (TPSA) is 21.6 Å². The Kier molecular flexibility index (Phi) is 2.73. The first-order valence-corrected chi connectivity index (χ1v) is 5.15. The molecule has 3 heteroatoms. The van der Waals surface area contributed by atoms with E-state index in [9.17, 15) is 0 Å². The quantitative estimate of drug-likeness (QED) is 0.697. The maximum atomic E-state index is 5.92. The molecule has 2 nitrogen and oxygen atoms in total. The number of halogens is 1. The number of aliphatic imine (C=N–C) groups is 1. The van der Waals surface area contributed by atoms with E-state index in [0.717, 1.165) is 29.4 Å². The van der Waals surface area contributed by atoms with Gasteiger partial charge in [0.1, 0.15) is 0 Å². The van der Waals surface area contributed by atoms with E-state index in [4.69, 9.17) is 16.3 Å². The minimum Gasteiger partial charge on any atom is -0.478 e. The monoisotopic (exact) mass is 209 g/mol. The first-order chi connectivity index (χ1) is 6.81. The van der Waals surface area contributed by atoms with Crippen LogP contribution in [0.4, 0.5) is 0 Å². The van der Waals surface area contributed by atoms with Crippen LogP contribution in [0.1, 0.15) is 18.1 Å². The third kappa shape index (κ3) is 1.75. The Balaban J connectivity index is 2.38. The smallest absolute Gasteiger partial charge is 0.216 e. The van der Waals surface area contributed by atoms with Crippen molar-refractivity contribution in [2.24, 2.45) is 4.99 Å². The molecule has 0 amide bonds. The first kappa shape index (κ1) is 9.53. The summed E-state index contributed by atoms with van der Waals surface area (Å²) in [5, 5.41) is 0.779. The molecule has 0 radical (unpaired) electrons. The molecular formula is C11H12ClNO. The Bertz CT molecular complexity index is 374. The molecule has 1 aliphatic heterocycles. The van der Waals surface area contributed by atoms with E-state index in [1.807, 2.05) is 25.1 Å². The zero-order valence-corrected chi connectivity index (χ0v) is 8.84. The number of benzene rings is 1. The van der Waals surface area contributed by atoms with Gasteiger partial charge in [0.25, 0.3) is 0 Å². The van der Waals surface area contributed by atoms with Crippen molar-refractivity contribution in [1.29, 1.82) is 0 Å². The zero-order valence-electron chi connectivity index (χ0n) is 8.09. The van der Waals surface area contributed by atoms with Gasteiger partial charge in [-0.25, -0.2) is 0 Å². The lowest BCUT2D eigenvalue weighted by Crippen LogP contribution is -2.15. The number of rotatable bonds is 1. The summed E-state index contributed by atoms with van der Waals surface area (Å²) in [6.45, 7) is 3.41. The molecule has 0 bridgehead atoms. The molecule has 0 aliphatic carbocycles. The number of hydrogen-bond acceptors (Lipinski definition) is 2. The van der Waals surface area contributed by atoms with Crippen molar-refractivity contribution in [3.05, 3.63) is 34.3 Å². The van der Waals surface area contributed by atoms with Crippen molar-refractivity contribution in [2.45, 2.75) is 13.3 Å². The minimum atomic E-state index is 0.654. The van der Waals surface area contributed by atoms with Gasteiger partial charge in [-0.2, -0.15) is 0 Å². The largest absolute Gasteiger partial charge is 0.478 e. The molecule has 1 aromatic carbocycles. The molecule has 0 saturated carbocycles. The fraction of sp³-hybridized carbons (Fsp3) is 0.364. The van der Waals surface area contributed by atoms with Gasteiger partial charge in [-0.05, 0) is 37.1 Å². The van der Waals surface area contributed by atoms with Gasteiger partial charge in [-0.1, -0.05) is 11.6 Å². The van der Waals surface area contributed by atoms with Gasteiger partial charge in [0, 0.05) is 17.1 Å². The predicted molar refractivity (Wildman–Crippen MR) is 58.2 cm³/mol. The van der Waals surface area contributed by atoms with Crippen LogP contribution in [0, 0.1) is 0 Å². The lowest BCUT2D eigenvalue weighted by Gasteiger charge is -2.16. The van der Waals surface area contributed by atoms with Crippen LogP contribution in [0.15, 0.2) is 23.2 Å². The summed E-state index contributed by atoms with van der Waals surface area (Å²) < 4.78 is 5.46. The summed E-state index contributed by atoms with van der Waals surface area (Å²) in [5.74, 6) is 0.755. The van der Waals surface area contributed by atoms with Crippen LogP contribution >= 0.6 is 11.6 Å². The van der Waals surface area contributed by atoms with Gasteiger partial charge >= 0.3 is 0 Å². The van der Waals surface area contributed by atoms with E-state index >= 15 is 0 Å². The van der Waals surface area contributed by atoms with E-state index in [-0.39, 0.29) is 0 Å². The molecule has 1 aliphatic rings. The number of fused-ring (bicyclic) bond motifs is 1. The van der Waals surface area contributed by atoms with Crippen molar-refractivity contribution >= 4 is 17.5 Å². The number of ether oxygens (including phenoxy) is 1. The number of nitrogens with zero attached hydrogens (tertiary/aromatic N) is 1. The molecule has 14 heavy (non-hydrogen) atoms. The molecule has 0 fully saturated rings. The maximum Gasteiger partial charge on any atom is 0.216 e. The SMILES string of the molecule is CCOC1=NCCc2cc(Cl)ccc21. The van der Waals surface area contributed by atoms with Crippen LogP contribution in [0.3, 0.4) is 0 Å². The average Bonchev–Trinajstić information content (AvgIpc) is 2.18. The van der Waals surface area contributed by atoms with Crippen LogP contribution in [-0.2, 0) is 11.2 Å². The summed E-state index contributed by atoms with van der Waals surface area (Å²) in [7, 11) is 0. The molecule has 0 unspecified atom stereocenters. The molecule has 2 rings (SSSR count). The lowest BCUT2D eigenvalue weighted by atomic mass is 10.0. The standard InChI is InChI=1S/C11H12ClNO/c1-2-14-11-10-4-3-9(12)7-8(10)5-6-13-11/h3-4,7H,2,5-6H2,1H3. The highest BCUT2D eigenvalue weighted by Gasteiger charge is 2.14. The van der Waals surface area contributed by atoms with Crippen LogP contribution in [0.2, 0.25) is 5.02 Å². The Labute approximate surface area is 88.6 Å². The second-order valence-electron chi connectivity index (χ2n) is 3.17. The number of hydrogen-bond donors (Lipinski definition) is 0. The van der Waals surface area contributed by atoms with Crippen LogP contribution in [0.25, 0.3) is 0 Å². The highest BCUT2D eigenvalue weighted by Crippen LogP contribution is 2.21. The van der Waals surface area contributed by atoms with E-state index in [0.29, 0.717) is 6.61 Å². The fourth-order valence-corrected chi connectivity index (χ4v) is 1.80. The Hall–Kier alpha value is -1.02. The van der Waals surface area contributed by atoms with Gasteiger partial charge in [0.05, 0.1) is 6.61 Å². The normalized spacial score (nSPS) is 14.6. The summed E-state index contributed by atoms with van der Waals surface area (Å²) in [6, 6.07) is 5.84. The highest BCUT2D eigenvalue weighted by molar-refractivity contribution is 6.30. The molecule has 0 spiro atoms. The second kappa shape index (κ2) is 4.01. The molecule has 1 heterocycles. The summed E-state index contributed by atoms with van der Waals surface area (Å²) in [5.41, 5.74) is 2.32.